The zero-order chi connectivity index (χ0) is 27.5. The van der Waals surface area contributed by atoms with Gasteiger partial charge in [-0.3, -0.25) is 14.5 Å². The molecule has 0 fully saturated rings. The van der Waals surface area contributed by atoms with Crippen LogP contribution in [0.4, 0.5) is 18.9 Å². The van der Waals surface area contributed by atoms with Crippen molar-refractivity contribution in [1.29, 1.82) is 0 Å². The van der Waals surface area contributed by atoms with Crippen LogP contribution in [-0.2, 0) is 26.2 Å². The number of benzene rings is 2. The summed E-state index contributed by atoms with van der Waals surface area (Å²) in [6.07, 6.45) is 3.99. The molecule has 1 unspecified atom stereocenters. The lowest BCUT2D eigenvalue weighted by atomic mass is 9.85. The Balaban J connectivity index is 1.56. The number of fused-ring (bicyclic) bond motifs is 2. The molecule has 0 bridgehead atoms. The number of aromatic nitrogens is 5. The van der Waals surface area contributed by atoms with Gasteiger partial charge in [0, 0.05) is 66.3 Å². The first-order chi connectivity index (χ1) is 18.6. The van der Waals surface area contributed by atoms with E-state index >= 15 is 0 Å². The molecule has 3 aromatic heterocycles. The number of halogens is 3. The van der Waals surface area contributed by atoms with Crippen LogP contribution in [0.3, 0.4) is 0 Å². The normalized spacial score (nSPS) is 15.7. The van der Waals surface area contributed by atoms with Gasteiger partial charge in [-0.15, -0.1) is 0 Å². The summed E-state index contributed by atoms with van der Waals surface area (Å²) in [6.45, 7) is 4.11. The van der Waals surface area contributed by atoms with E-state index in [0.29, 0.717) is 40.9 Å². The minimum atomic E-state index is -4.65. The molecule has 39 heavy (non-hydrogen) atoms. The van der Waals surface area contributed by atoms with Crippen LogP contribution in [0.25, 0.3) is 21.9 Å². The minimum absolute atomic E-state index is 0.0364. The highest BCUT2D eigenvalue weighted by molar-refractivity contribution is 6.13. The van der Waals surface area contributed by atoms with E-state index in [1.165, 1.54) is 17.9 Å². The van der Waals surface area contributed by atoms with Gasteiger partial charge in [0.1, 0.15) is 5.82 Å². The second-order valence-corrected chi connectivity index (χ2v) is 9.94. The van der Waals surface area contributed by atoms with Crippen LogP contribution in [0.5, 0.6) is 0 Å². The SMILES string of the molecule is Cc1nccn1Cc1cc2c(c(-c3cn(C)nc3C(F)(F)F)c1)CC(C)N(c1cncc3ccccc13)C2=O. The summed E-state index contributed by atoms with van der Waals surface area (Å²) in [5.41, 5.74) is 1.70. The monoisotopic (exact) mass is 530 g/mol. The van der Waals surface area contributed by atoms with Crippen molar-refractivity contribution in [3.63, 3.8) is 0 Å². The number of hydrogen-bond donors (Lipinski definition) is 0. The molecule has 1 atom stereocenters. The van der Waals surface area contributed by atoms with E-state index in [-0.39, 0.29) is 17.5 Å². The summed E-state index contributed by atoms with van der Waals surface area (Å²) in [5, 5.41) is 5.52. The van der Waals surface area contributed by atoms with Crippen molar-refractivity contribution in [3.05, 3.63) is 95.6 Å². The van der Waals surface area contributed by atoms with Crippen molar-refractivity contribution in [2.75, 3.05) is 4.90 Å². The molecule has 0 spiro atoms. The highest BCUT2D eigenvalue weighted by Crippen LogP contribution is 2.42. The molecule has 7 nitrogen and oxygen atoms in total. The van der Waals surface area contributed by atoms with Crippen molar-refractivity contribution >= 4 is 22.4 Å². The number of anilines is 1. The van der Waals surface area contributed by atoms with Crippen molar-refractivity contribution in [3.8, 4) is 11.1 Å². The highest BCUT2D eigenvalue weighted by Gasteiger charge is 2.40. The molecule has 4 heterocycles. The van der Waals surface area contributed by atoms with Crippen molar-refractivity contribution < 1.29 is 18.0 Å². The molecule has 198 valence electrons. The number of nitrogens with zero attached hydrogens (tertiary/aromatic N) is 6. The lowest BCUT2D eigenvalue weighted by molar-refractivity contribution is -0.140. The standard InChI is InChI=1S/C29H25F3N6O/c1-17-10-22-23(25-16-36(3)35-27(25)29(30,31)32)11-19(15-37-9-8-34-18(37)2)12-24(22)28(39)38(17)26-14-33-13-20-6-4-5-7-21(20)26/h4-9,11-14,16-17H,10,15H2,1-3H3. The number of carbonyl (C=O) groups excluding carboxylic acids is 1. The third-order valence-corrected chi connectivity index (χ3v) is 7.27. The second-order valence-electron chi connectivity index (χ2n) is 9.94. The number of alkyl halides is 3. The van der Waals surface area contributed by atoms with Gasteiger partial charge < -0.3 is 9.47 Å². The maximum atomic E-state index is 14.2. The zero-order valence-corrected chi connectivity index (χ0v) is 21.6. The number of rotatable bonds is 4. The largest absolute Gasteiger partial charge is 0.435 e. The Morgan fingerprint density at radius 3 is 2.59 bits per heavy atom. The molecule has 6 rings (SSSR count). The van der Waals surface area contributed by atoms with Gasteiger partial charge in [-0.05, 0) is 49.1 Å². The Morgan fingerprint density at radius 2 is 1.85 bits per heavy atom. The quantitative estimate of drug-likeness (QED) is 0.295. The molecular weight excluding hydrogens is 505 g/mol. The smallest absolute Gasteiger partial charge is 0.331 e. The predicted octanol–water partition coefficient (Wildman–Crippen LogP) is 5.80. The Labute approximate surface area is 222 Å². The number of imidazole rings is 1. The van der Waals surface area contributed by atoms with E-state index < -0.39 is 11.9 Å². The summed E-state index contributed by atoms with van der Waals surface area (Å²) < 4.78 is 45.2. The molecule has 2 aromatic carbocycles. The number of amides is 1. The highest BCUT2D eigenvalue weighted by atomic mass is 19.4. The van der Waals surface area contributed by atoms with Gasteiger partial charge in [-0.25, -0.2) is 4.98 Å². The van der Waals surface area contributed by atoms with E-state index in [2.05, 4.69) is 15.1 Å². The van der Waals surface area contributed by atoms with Gasteiger partial charge in [0.25, 0.3) is 5.91 Å². The van der Waals surface area contributed by atoms with E-state index in [1.807, 2.05) is 42.7 Å². The van der Waals surface area contributed by atoms with Crippen molar-refractivity contribution in [2.24, 2.45) is 7.05 Å². The topological polar surface area (TPSA) is 68.8 Å². The molecule has 1 aliphatic heterocycles. The zero-order valence-electron chi connectivity index (χ0n) is 21.6. The van der Waals surface area contributed by atoms with E-state index in [9.17, 15) is 18.0 Å². The first kappa shape index (κ1) is 24.8. The Morgan fingerprint density at radius 1 is 1.08 bits per heavy atom. The first-order valence-corrected chi connectivity index (χ1v) is 12.5. The van der Waals surface area contributed by atoms with Crippen molar-refractivity contribution in [2.45, 2.75) is 39.0 Å². The lowest BCUT2D eigenvalue weighted by Crippen LogP contribution is -2.44. The Bertz CT molecular complexity index is 1730. The van der Waals surface area contributed by atoms with Gasteiger partial charge in [0.05, 0.1) is 11.9 Å². The third kappa shape index (κ3) is 4.25. The molecule has 10 heteroatoms. The second kappa shape index (κ2) is 9.07. The third-order valence-electron chi connectivity index (χ3n) is 7.27. The molecule has 0 N–H and O–H groups in total. The van der Waals surface area contributed by atoms with E-state index in [0.717, 1.165) is 16.6 Å². The summed E-state index contributed by atoms with van der Waals surface area (Å²) in [5.74, 6) is 0.486. The van der Waals surface area contributed by atoms with Crippen LogP contribution in [0.2, 0.25) is 0 Å². The fraction of sp³-hybridized carbons (Fsp3) is 0.241. The molecule has 5 aromatic rings. The van der Waals surface area contributed by atoms with Crippen LogP contribution in [0.15, 0.2) is 67.4 Å². The number of pyridine rings is 1. The van der Waals surface area contributed by atoms with Crippen molar-refractivity contribution in [1.82, 2.24) is 24.3 Å². The summed E-state index contributed by atoms with van der Waals surface area (Å²) in [4.78, 5) is 24.5. The average molecular weight is 531 g/mol. The fourth-order valence-corrected chi connectivity index (χ4v) is 5.49. The number of carbonyl (C=O) groups is 1. The van der Waals surface area contributed by atoms with Gasteiger partial charge in [-0.2, -0.15) is 18.3 Å². The molecule has 0 saturated carbocycles. The van der Waals surface area contributed by atoms with Gasteiger partial charge >= 0.3 is 6.18 Å². The van der Waals surface area contributed by atoms with Crippen LogP contribution in [0.1, 0.15) is 39.9 Å². The van der Waals surface area contributed by atoms with Crippen LogP contribution < -0.4 is 4.90 Å². The molecule has 1 amide bonds. The van der Waals surface area contributed by atoms with E-state index in [1.54, 1.807) is 41.8 Å². The number of aryl methyl sites for hydroxylation is 2. The maximum absolute atomic E-state index is 14.2. The number of hydrogen-bond acceptors (Lipinski definition) is 4. The fourth-order valence-electron chi connectivity index (χ4n) is 5.49. The maximum Gasteiger partial charge on any atom is 0.435 e. The Hall–Kier alpha value is -4.47. The summed E-state index contributed by atoms with van der Waals surface area (Å²) in [7, 11) is 1.47. The van der Waals surface area contributed by atoms with Gasteiger partial charge in [0.15, 0.2) is 5.69 Å². The predicted molar refractivity (Wildman–Crippen MR) is 141 cm³/mol. The van der Waals surface area contributed by atoms with Crippen LogP contribution in [0, 0.1) is 6.92 Å². The summed E-state index contributed by atoms with van der Waals surface area (Å²) >= 11 is 0. The molecule has 0 aliphatic carbocycles. The molecule has 0 saturated heterocycles. The lowest BCUT2D eigenvalue weighted by Gasteiger charge is -2.36. The van der Waals surface area contributed by atoms with Crippen LogP contribution in [-0.4, -0.2) is 36.3 Å². The van der Waals surface area contributed by atoms with Crippen LogP contribution >= 0.6 is 0 Å². The van der Waals surface area contributed by atoms with Gasteiger partial charge in [0.2, 0.25) is 0 Å². The van der Waals surface area contributed by atoms with Gasteiger partial charge in [-0.1, -0.05) is 24.3 Å². The molecule has 1 aliphatic rings. The van der Waals surface area contributed by atoms with E-state index in [4.69, 9.17) is 0 Å². The molecule has 0 radical (unpaired) electrons. The summed E-state index contributed by atoms with van der Waals surface area (Å²) in [6, 6.07) is 10.9. The average Bonchev–Trinajstić information content (AvgIpc) is 3.49. The first-order valence-electron chi connectivity index (χ1n) is 12.5. The minimum Gasteiger partial charge on any atom is -0.331 e. The molecular formula is C29H25F3N6O. The Kier molecular flexibility index (Phi) is 5.78.